The van der Waals surface area contributed by atoms with Crippen molar-refractivity contribution in [1.29, 1.82) is 0 Å². The Morgan fingerprint density at radius 1 is 1.21 bits per heavy atom. The zero-order chi connectivity index (χ0) is 19.5. The topological polar surface area (TPSA) is 56.3 Å². The fraction of sp³-hybridized carbons (Fsp3) is 0.625. The summed E-state index contributed by atoms with van der Waals surface area (Å²) in [6.45, 7) is 5.29. The van der Waals surface area contributed by atoms with Crippen molar-refractivity contribution in [1.82, 2.24) is 9.88 Å². The number of nitrogens with zero attached hydrogens (tertiary/aromatic N) is 1. The number of rotatable bonds is 6. The number of fused-ring (bicyclic) bond motifs is 1. The number of nitrogens with one attached hydrogen (secondary N) is 1. The van der Waals surface area contributed by atoms with Crippen molar-refractivity contribution in [2.75, 3.05) is 6.54 Å². The Hall–Kier alpha value is -1.65. The van der Waals surface area contributed by atoms with Crippen LogP contribution < -0.4 is 0 Å². The van der Waals surface area contributed by atoms with Crippen LogP contribution in [0.1, 0.15) is 57.4 Å². The van der Waals surface area contributed by atoms with E-state index < -0.39 is 5.60 Å². The molecule has 28 heavy (non-hydrogen) atoms. The Balaban J connectivity index is 1.43. The van der Waals surface area contributed by atoms with Crippen LogP contribution in [0.4, 0.5) is 0 Å². The van der Waals surface area contributed by atoms with Crippen molar-refractivity contribution < 1.29 is 9.90 Å². The Kier molecular flexibility index (Phi) is 4.40. The van der Waals surface area contributed by atoms with Crippen LogP contribution in [-0.4, -0.2) is 45.5 Å². The molecular weight excluding hydrogens is 348 g/mol. The van der Waals surface area contributed by atoms with Gasteiger partial charge in [-0.2, -0.15) is 0 Å². The zero-order valence-electron chi connectivity index (χ0n) is 17.0. The molecule has 150 valence electrons. The van der Waals surface area contributed by atoms with Gasteiger partial charge < -0.3 is 14.9 Å². The maximum absolute atomic E-state index is 12.3. The smallest absolute Gasteiger partial charge is 0.124 e. The van der Waals surface area contributed by atoms with Gasteiger partial charge in [0.05, 0.1) is 5.60 Å². The van der Waals surface area contributed by atoms with Crippen LogP contribution in [0.15, 0.2) is 30.5 Å². The number of benzene rings is 1. The quantitative estimate of drug-likeness (QED) is 0.742. The first-order valence-electron chi connectivity index (χ1n) is 11.0. The standard InChI is InChI=1S/C24H32N2O2/c1-15(2)23(21-12-25-22-6-4-3-5-20(21)22)17(14-27)13-26-18-7-16-8-19(26)11-24(28,9-16)10-18/h3-6,12,14-19,23,25,28H,7-11,13H2,1-2H3. The molecule has 2 aliphatic carbocycles. The van der Waals surface area contributed by atoms with Crippen LogP contribution in [0.5, 0.6) is 0 Å². The molecule has 4 fully saturated rings. The summed E-state index contributed by atoms with van der Waals surface area (Å²) in [6.07, 6.45) is 8.49. The van der Waals surface area contributed by atoms with Gasteiger partial charge in [0, 0.05) is 41.6 Å². The van der Waals surface area contributed by atoms with Gasteiger partial charge in [-0.25, -0.2) is 0 Å². The molecule has 4 heteroatoms. The highest BCUT2D eigenvalue weighted by Gasteiger charge is 2.54. The van der Waals surface area contributed by atoms with E-state index in [-0.39, 0.29) is 11.8 Å². The van der Waals surface area contributed by atoms with Gasteiger partial charge in [0.15, 0.2) is 0 Å². The van der Waals surface area contributed by atoms with E-state index in [9.17, 15) is 9.90 Å². The number of carbonyl (C=O) groups is 1. The largest absolute Gasteiger partial charge is 0.390 e. The lowest BCUT2D eigenvalue weighted by Gasteiger charge is -2.60. The average molecular weight is 381 g/mol. The number of aromatic nitrogens is 1. The normalized spacial score (nSPS) is 34.2. The van der Waals surface area contributed by atoms with Gasteiger partial charge in [-0.3, -0.25) is 4.90 Å². The molecule has 1 aromatic heterocycles. The molecule has 4 nitrogen and oxygen atoms in total. The predicted octanol–water partition coefficient (Wildman–Crippen LogP) is 4.10. The molecule has 2 saturated heterocycles. The second-order valence-corrected chi connectivity index (χ2v) is 10.0. The summed E-state index contributed by atoms with van der Waals surface area (Å²) in [6, 6.07) is 9.30. The number of aromatic amines is 1. The lowest BCUT2D eigenvalue weighted by molar-refractivity contribution is -0.161. The Bertz CT molecular complexity index is 856. The van der Waals surface area contributed by atoms with Crippen molar-refractivity contribution in [3.63, 3.8) is 0 Å². The van der Waals surface area contributed by atoms with E-state index in [4.69, 9.17) is 0 Å². The molecule has 0 radical (unpaired) electrons. The molecule has 1 aromatic carbocycles. The Morgan fingerprint density at radius 3 is 2.57 bits per heavy atom. The number of hydrogen-bond acceptors (Lipinski definition) is 3. The SMILES string of the molecule is CC(C)C(c1c[nH]c2ccccc12)C(C=O)CN1C2CC3CC1CC(O)(C3)C2. The van der Waals surface area contributed by atoms with Gasteiger partial charge in [-0.15, -0.1) is 0 Å². The summed E-state index contributed by atoms with van der Waals surface area (Å²) >= 11 is 0. The Labute approximate surface area is 167 Å². The van der Waals surface area contributed by atoms with Crippen LogP contribution >= 0.6 is 0 Å². The number of aldehydes is 1. The van der Waals surface area contributed by atoms with Gasteiger partial charge >= 0.3 is 0 Å². The summed E-state index contributed by atoms with van der Waals surface area (Å²) in [4.78, 5) is 18.3. The highest BCUT2D eigenvalue weighted by atomic mass is 16.3. The maximum Gasteiger partial charge on any atom is 0.124 e. The second-order valence-electron chi connectivity index (χ2n) is 10.0. The molecule has 2 aromatic rings. The minimum absolute atomic E-state index is 0.0219. The molecule has 2 saturated carbocycles. The number of para-hydroxylation sites is 1. The van der Waals surface area contributed by atoms with Gasteiger partial charge in [-0.1, -0.05) is 32.0 Å². The van der Waals surface area contributed by atoms with E-state index in [1.54, 1.807) is 0 Å². The number of piperidine rings is 2. The molecule has 4 atom stereocenters. The highest BCUT2D eigenvalue weighted by molar-refractivity contribution is 5.84. The molecule has 4 unspecified atom stereocenters. The van der Waals surface area contributed by atoms with E-state index in [1.807, 2.05) is 0 Å². The molecule has 3 heterocycles. The molecule has 0 spiro atoms. The minimum Gasteiger partial charge on any atom is -0.390 e. The first-order valence-corrected chi connectivity index (χ1v) is 11.0. The first-order chi connectivity index (χ1) is 13.5. The molecule has 4 aliphatic rings. The number of carbonyl (C=O) groups excluding carboxylic acids is 1. The van der Waals surface area contributed by atoms with Crippen LogP contribution in [0, 0.1) is 17.8 Å². The van der Waals surface area contributed by atoms with E-state index in [0.29, 0.717) is 23.9 Å². The Morgan fingerprint density at radius 2 is 1.93 bits per heavy atom. The van der Waals surface area contributed by atoms with Gasteiger partial charge in [0.1, 0.15) is 6.29 Å². The third kappa shape index (κ3) is 2.93. The predicted molar refractivity (Wildman–Crippen MR) is 111 cm³/mol. The third-order valence-corrected chi connectivity index (χ3v) is 7.80. The van der Waals surface area contributed by atoms with Crippen molar-refractivity contribution in [2.45, 2.75) is 69.6 Å². The summed E-state index contributed by atoms with van der Waals surface area (Å²) in [5.41, 5.74) is 1.98. The monoisotopic (exact) mass is 380 g/mol. The minimum atomic E-state index is -0.433. The fourth-order valence-electron chi connectivity index (χ4n) is 6.90. The molecule has 0 amide bonds. The van der Waals surface area contributed by atoms with Gasteiger partial charge in [0.2, 0.25) is 0 Å². The molecule has 2 aliphatic heterocycles. The molecule has 2 N–H and O–H groups in total. The summed E-state index contributed by atoms with van der Waals surface area (Å²) in [5, 5.41) is 12.1. The van der Waals surface area contributed by atoms with Gasteiger partial charge in [0.25, 0.3) is 0 Å². The van der Waals surface area contributed by atoms with E-state index in [0.717, 1.165) is 31.3 Å². The van der Waals surface area contributed by atoms with E-state index in [2.05, 4.69) is 54.2 Å². The molecule has 6 rings (SSSR count). The summed E-state index contributed by atoms with van der Waals surface area (Å²) in [5.74, 6) is 1.25. The second kappa shape index (κ2) is 6.70. The average Bonchev–Trinajstić information content (AvgIpc) is 3.05. The van der Waals surface area contributed by atoms with Gasteiger partial charge in [-0.05, 0) is 61.5 Å². The zero-order valence-corrected chi connectivity index (χ0v) is 17.0. The highest BCUT2D eigenvalue weighted by Crippen LogP contribution is 2.52. The van der Waals surface area contributed by atoms with Crippen LogP contribution in [0.3, 0.4) is 0 Å². The molecule has 4 bridgehead atoms. The van der Waals surface area contributed by atoms with E-state index in [1.165, 1.54) is 30.1 Å². The van der Waals surface area contributed by atoms with Crippen molar-refractivity contribution in [3.8, 4) is 0 Å². The van der Waals surface area contributed by atoms with Crippen LogP contribution in [0.2, 0.25) is 0 Å². The van der Waals surface area contributed by atoms with E-state index >= 15 is 0 Å². The summed E-state index contributed by atoms with van der Waals surface area (Å²) < 4.78 is 0. The lowest BCUT2D eigenvalue weighted by atomic mass is 9.61. The van der Waals surface area contributed by atoms with Crippen LogP contribution in [-0.2, 0) is 4.79 Å². The lowest BCUT2D eigenvalue weighted by Crippen LogP contribution is -2.65. The van der Waals surface area contributed by atoms with Crippen molar-refractivity contribution in [3.05, 3.63) is 36.0 Å². The number of H-pyrrole nitrogens is 1. The maximum atomic E-state index is 12.3. The first kappa shape index (κ1) is 18.4. The van der Waals surface area contributed by atoms with Crippen molar-refractivity contribution in [2.24, 2.45) is 17.8 Å². The number of aliphatic hydroxyl groups is 1. The molecular formula is C24H32N2O2. The summed E-state index contributed by atoms with van der Waals surface area (Å²) in [7, 11) is 0. The number of hydrogen-bond donors (Lipinski definition) is 2. The third-order valence-electron chi connectivity index (χ3n) is 7.80. The fourth-order valence-corrected chi connectivity index (χ4v) is 6.90. The van der Waals surface area contributed by atoms with Crippen molar-refractivity contribution >= 4 is 17.2 Å². The van der Waals surface area contributed by atoms with Crippen LogP contribution in [0.25, 0.3) is 10.9 Å².